The fraction of sp³-hybridized carbons (Fsp3) is 0.600. The van der Waals surface area contributed by atoms with Gasteiger partial charge in [-0.05, 0) is 60.8 Å². The molecule has 1 aromatic rings. The van der Waals surface area contributed by atoms with E-state index in [0.29, 0.717) is 5.92 Å². The molecule has 0 saturated heterocycles. The van der Waals surface area contributed by atoms with Crippen LogP contribution in [-0.2, 0) is 0 Å². The van der Waals surface area contributed by atoms with Gasteiger partial charge in [-0.2, -0.15) is 0 Å². The van der Waals surface area contributed by atoms with Gasteiger partial charge in [0.2, 0.25) is 0 Å². The fourth-order valence-electron chi connectivity index (χ4n) is 3.80. The van der Waals surface area contributed by atoms with E-state index in [1.807, 2.05) is 13.0 Å². The van der Waals surface area contributed by atoms with Gasteiger partial charge < -0.3 is 5.73 Å². The van der Waals surface area contributed by atoms with Crippen LogP contribution in [-0.4, -0.2) is 0 Å². The second-order valence-corrected chi connectivity index (χ2v) is 5.72. The lowest BCUT2D eigenvalue weighted by molar-refractivity contribution is 0.480. The topological polar surface area (TPSA) is 26.0 Å². The number of rotatable bonds is 2. The highest BCUT2D eigenvalue weighted by Crippen LogP contribution is 2.59. The Balaban J connectivity index is 1.80. The van der Waals surface area contributed by atoms with Crippen molar-refractivity contribution in [1.82, 2.24) is 0 Å². The number of nitrogens with two attached hydrogens (primary N) is 1. The summed E-state index contributed by atoms with van der Waals surface area (Å²) in [7, 11) is 0. The second-order valence-electron chi connectivity index (χ2n) is 5.72. The molecule has 2 fully saturated rings. The van der Waals surface area contributed by atoms with Gasteiger partial charge in [-0.3, -0.25) is 0 Å². The summed E-state index contributed by atoms with van der Waals surface area (Å²) in [4.78, 5) is 0. The molecule has 0 amide bonds. The lowest BCUT2D eigenvalue weighted by Gasteiger charge is -2.15. The first-order valence-corrected chi connectivity index (χ1v) is 6.70. The van der Waals surface area contributed by atoms with Gasteiger partial charge in [-0.25, -0.2) is 4.39 Å². The minimum Gasteiger partial charge on any atom is -0.324 e. The van der Waals surface area contributed by atoms with Gasteiger partial charge >= 0.3 is 0 Å². The molecule has 0 bridgehead atoms. The van der Waals surface area contributed by atoms with E-state index >= 15 is 0 Å². The number of benzene rings is 1. The molecule has 2 N–H and O–H groups in total. The van der Waals surface area contributed by atoms with Gasteiger partial charge in [0.15, 0.2) is 0 Å². The molecule has 2 aliphatic carbocycles. The molecule has 0 heterocycles. The van der Waals surface area contributed by atoms with E-state index < -0.39 is 0 Å². The number of halogens is 1. The van der Waals surface area contributed by atoms with Crippen molar-refractivity contribution in [1.29, 1.82) is 0 Å². The zero-order valence-electron chi connectivity index (χ0n) is 10.3. The molecule has 1 aromatic carbocycles. The monoisotopic (exact) mass is 233 g/mol. The van der Waals surface area contributed by atoms with Crippen LogP contribution in [0.15, 0.2) is 18.2 Å². The van der Waals surface area contributed by atoms with Gasteiger partial charge in [-0.15, -0.1) is 0 Å². The van der Waals surface area contributed by atoms with E-state index in [2.05, 4.69) is 0 Å². The zero-order valence-corrected chi connectivity index (χ0v) is 10.3. The lowest BCUT2D eigenvalue weighted by atomic mass is 9.96. The molecular formula is C15H20FN. The SMILES string of the molecule is Cc1cc(F)ccc1C(N)C1C2CCCCC21. The smallest absolute Gasteiger partial charge is 0.123 e. The average molecular weight is 233 g/mol. The maximum Gasteiger partial charge on any atom is 0.123 e. The van der Waals surface area contributed by atoms with Gasteiger partial charge in [0, 0.05) is 6.04 Å². The lowest BCUT2D eigenvalue weighted by Crippen LogP contribution is -2.15. The normalized spacial score (nSPS) is 33.0. The number of hydrogen-bond donors (Lipinski definition) is 1. The summed E-state index contributed by atoms with van der Waals surface area (Å²) in [5.41, 5.74) is 8.53. The molecule has 1 nitrogen and oxygen atoms in total. The van der Waals surface area contributed by atoms with Gasteiger partial charge in [0.1, 0.15) is 5.82 Å². The van der Waals surface area contributed by atoms with Gasteiger partial charge in [-0.1, -0.05) is 18.9 Å². The molecule has 3 atom stereocenters. The number of fused-ring (bicyclic) bond motifs is 1. The molecule has 2 heteroatoms. The average Bonchev–Trinajstić information content (AvgIpc) is 3.02. The van der Waals surface area contributed by atoms with Crippen molar-refractivity contribution in [3.05, 3.63) is 35.1 Å². The molecule has 3 unspecified atom stereocenters. The highest BCUT2D eigenvalue weighted by molar-refractivity contribution is 5.31. The van der Waals surface area contributed by atoms with E-state index in [4.69, 9.17) is 5.73 Å². The maximum atomic E-state index is 13.1. The van der Waals surface area contributed by atoms with Crippen LogP contribution in [0.1, 0.15) is 42.9 Å². The highest BCUT2D eigenvalue weighted by atomic mass is 19.1. The summed E-state index contributed by atoms with van der Waals surface area (Å²) >= 11 is 0. The van der Waals surface area contributed by atoms with Crippen LogP contribution in [0.4, 0.5) is 4.39 Å². The van der Waals surface area contributed by atoms with E-state index in [9.17, 15) is 4.39 Å². The summed E-state index contributed by atoms with van der Waals surface area (Å²) in [6.07, 6.45) is 5.44. The first-order chi connectivity index (χ1) is 8.18. The van der Waals surface area contributed by atoms with Crippen LogP contribution in [0.25, 0.3) is 0 Å². The Bertz CT molecular complexity index is 417. The largest absolute Gasteiger partial charge is 0.324 e. The molecule has 3 rings (SSSR count). The van der Waals surface area contributed by atoms with Crippen LogP contribution in [0.2, 0.25) is 0 Å². The molecule has 2 saturated carbocycles. The first-order valence-electron chi connectivity index (χ1n) is 6.70. The van der Waals surface area contributed by atoms with Crippen molar-refractivity contribution in [3.8, 4) is 0 Å². The second kappa shape index (κ2) is 4.09. The van der Waals surface area contributed by atoms with Crippen molar-refractivity contribution in [2.24, 2.45) is 23.5 Å². The molecule has 92 valence electrons. The standard InChI is InChI=1S/C15H20FN/c1-9-8-10(16)6-7-11(9)15(17)14-12-4-2-3-5-13(12)14/h6-8,12-15H,2-5,17H2,1H3. The summed E-state index contributed by atoms with van der Waals surface area (Å²) in [5, 5.41) is 0. The van der Waals surface area contributed by atoms with Crippen LogP contribution in [0.5, 0.6) is 0 Å². The van der Waals surface area contributed by atoms with E-state index in [0.717, 1.165) is 23.0 Å². The predicted molar refractivity (Wildman–Crippen MR) is 67.0 cm³/mol. The molecule has 0 aromatic heterocycles. The first kappa shape index (κ1) is 11.2. The zero-order chi connectivity index (χ0) is 12.0. The van der Waals surface area contributed by atoms with Crippen LogP contribution >= 0.6 is 0 Å². The Morgan fingerprint density at radius 2 is 1.88 bits per heavy atom. The summed E-state index contributed by atoms with van der Waals surface area (Å²) in [5.74, 6) is 2.19. The predicted octanol–water partition coefficient (Wildman–Crippen LogP) is 3.57. The van der Waals surface area contributed by atoms with Crippen molar-refractivity contribution < 1.29 is 4.39 Å². The summed E-state index contributed by atoms with van der Waals surface area (Å²) in [6, 6.07) is 5.12. The van der Waals surface area contributed by atoms with Crippen LogP contribution < -0.4 is 5.73 Å². The quantitative estimate of drug-likeness (QED) is 0.830. The molecule has 2 aliphatic rings. The Morgan fingerprint density at radius 3 is 2.47 bits per heavy atom. The Morgan fingerprint density at radius 1 is 1.24 bits per heavy atom. The Labute approximate surface area is 102 Å². The fourth-order valence-corrected chi connectivity index (χ4v) is 3.80. The van der Waals surface area contributed by atoms with Crippen LogP contribution in [0, 0.1) is 30.5 Å². The molecule has 0 spiro atoms. The third kappa shape index (κ3) is 1.89. The van der Waals surface area contributed by atoms with Crippen molar-refractivity contribution >= 4 is 0 Å². The highest BCUT2D eigenvalue weighted by Gasteiger charge is 2.53. The maximum absolute atomic E-state index is 13.1. The number of hydrogen-bond acceptors (Lipinski definition) is 1. The molecule has 17 heavy (non-hydrogen) atoms. The Hall–Kier alpha value is -0.890. The minimum atomic E-state index is -0.160. The van der Waals surface area contributed by atoms with E-state index in [-0.39, 0.29) is 11.9 Å². The third-order valence-electron chi connectivity index (χ3n) is 4.73. The van der Waals surface area contributed by atoms with Crippen molar-refractivity contribution in [2.45, 2.75) is 38.6 Å². The van der Waals surface area contributed by atoms with Crippen molar-refractivity contribution in [2.75, 3.05) is 0 Å². The molecular weight excluding hydrogens is 213 g/mol. The van der Waals surface area contributed by atoms with Crippen molar-refractivity contribution in [3.63, 3.8) is 0 Å². The van der Waals surface area contributed by atoms with Gasteiger partial charge in [0.05, 0.1) is 0 Å². The van der Waals surface area contributed by atoms with E-state index in [1.54, 1.807) is 6.07 Å². The number of aryl methyl sites for hydroxylation is 1. The van der Waals surface area contributed by atoms with Crippen LogP contribution in [0.3, 0.4) is 0 Å². The van der Waals surface area contributed by atoms with E-state index in [1.165, 1.54) is 31.7 Å². The summed E-state index contributed by atoms with van der Waals surface area (Å²) < 4.78 is 13.1. The molecule has 0 radical (unpaired) electrons. The van der Waals surface area contributed by atoms with Gasteiger partial charge in [0.25, 0.3) is 0 Å². The Kier molecular flexibility index (Phi) is 2.70. The molecule has 0 aliphatic heterocycles. The minimum absolute atomic E-state index is 0.115. The summed E-state index contributed by atoms with van der Waals surface area (Å²) in [6.45, 7) is 1.96. The third-order valence-corrected chi connectivity index (χ3v) is 4.73.